The maximum absolute atomic E-state index is 12.8. The van der Waals surface area contributed by atoms with Crippen LogP contribution in [0.3, 0.4) is 0 Å². The minimum Gasteiger partial charge on any atom is -0.493 e. The first-order valence-corrected chi connectivity index (χ1v) is 8.97. The fourth-order valence-electron chi connectivity index (χ4n) is 2.86. The monoisotopic (exact) mass is 310 g/mol. The Balaban J connectivity index is 2.48. The summed E-state index contributed by atoms with van der Waals surface area (Å²) in [5.74, 6) is -0.0830. The number of hydrogen-bond donors (Lipinski definition) is 1. The third-order valence-electron chi connectivity index (χ3n) is 4.33. The standard InChI is InChI=1S/C16H26N2O2S/c1-4-11(3)21-16-17-14(19)13(5-2)15(20)18(16)12-9-7-6-8-10-12/h11-12,19H,4-10H2,1-3H3. The fraction of sp³-hybridized carbons (Fsp3) is 0.750. The molecule has 1 saturated carbocycles. The Bertz CT molecular complexity index is 536. The number of aromatic nitrogens is 2. The van der Waals surface area contributed by atoms with Crippen molar-refractivity contribution in [1.29, 1.82) is 0 Å². The number of thioether (sulfide) groups is 1. The Hall–Kier alpha value is -0.970. The average Bonchev–Trinajstić information content (AvgIpc) is 2.48. The second-order valence-corrected chi connectivity index (χ2v) is 7.26. The molecule has 21 heavy (non-hydrogen) atoms. The summed E-state index contributed by atoms with van der Waals surface area (Å²) in [6.45, 7) is 6.15. The van der Waals surface area contributed by atoms with E-state index in [4.69, 9.17) is 0 Å². The van der Waals surface area contributed by atoms with E-state index in [1.165, 1.54) is 19.3 Å². The van der Waals surface area contributed by atoms with Gasteiger partial charge in [-0.3, -0.25) is 9.36 Å². The number of hydrogen-bond acceptors (Lipinski definition) is 4. The second kappa shape index (κ2) is 7.34. The molecule has 0 saturated heterocycles. The van der Waals surface area contributed by atoms with Crippen molar-refractivity contribution in [3.63, 3.8) is 0 Å². The fourth-order valence-corrected chi connectivity index (χ4v) is 3.87. The molecule has 1 heterocycles. The van der Waals surface area contributed by atoms with Gasteiger partial charge < -0.3 is 5.11 Å². The van der Waals surface area contributed by atoms with Gasteiger partial charge in [0.2, 0.25) is 5.88 Å². The smallest absolute Gasteiger partial charge is 0.261 e. The van der Waals surface area contributed by atoms with Crippen LogP contribution in [0.4, 0.5) is 0 Å². The summed E-state index contributed by atoms with van der Waals surface area (Å²) in [5, 5.41) is 11.1. The van der Waals surface area contributed by atoms with Crippen LogP contribution < -0.4 is 5.56 Å². The van der Waals surface area contributed by atoms with Gasteiger partial charge in [0.1, 0.15) is 0 Å². The van der Waals surface area contributed by atoms with Gasteiger partial charge in [-0.25, -0.2) is 0 Å². The van der Waals surface area contributed by atoms with Gasteiger partial charge in [0.15, 0.2) is 5.16 Å². The minimum absolute atomic E-state index is 0.0392. The molecule has 5 heteroatoms. The summed E-state index contributed by atoms with van der Waals surface area (Å²) in [6.07, 6.45) is 7.23. The zero-order valence-corrected chi connectivity index (χ0v) is 14.1. The molecule has 118 valence electrons. The van der Waals surface area contributed by atoms with Gasteiger partial charge >= 0.3 is 0 Å². The van der Waals surface area contributed by atoms with Crippen molar-refractivity contribution in [2.45, 2.75) is 82.2 Å². The van der Waals surface area contributed by atoms with Crippen LogP contribution in [-0.2, 0) is 6.42 Å². The molecule has 0 aliphatic heterocycles. The minimum atomic E-state index is -0.0830. The average molecular weight is 310 g/mol. The van der Waals surface area contributed by atoms with Crippen LogP contribution in [0, 0.1) is 0 Å². The van der Waals surface area contributed by atoms with E-state index in [2.05, 4.69) is 18.8 Å². The summed E-state index contributed by atoms with van der Waals surface area (Å²) >= 11 is 1.60. The van der Waals surface area contributed by atoms with E-state index in [1.54, 1.807) is 11.8 Å². The van der Waals surface area contributed by atoms with E-state index < -0.39 is 0 Å². The van der Waals surface area contributed by atoms with Gasteiger partial charge in [-0.2, -0.15) is 4.98 Å². The van der Waals surface area contributed by atoms with Gasteiger partial charge in [0.05, 0.1) is 5.56 Å². The van der Waals surface area contributed by atoms with Gasteiger partial charge in [-0.1, -0.05) is 51.8 Å². The molecule has 0 aromatic carbocycles. The van der Waals surface area contributed by atoms with Crippen molar-refractivity contribution in [3.8, 4) is 5.88 Å². The molecule has 0 amide bonds. The SMILES string of the molecule is CCc1c(O)nc(SC(C)CC)n(C2CCCCC2)c1=O. The van der Waals surface area contributed by atoms with Crippen molar-refractivity contribution in [2.24, 2.45) is 0 Å². The van der Waals surface area contributed by atoms with Crippen molar-refractivity contribution in [2.75, 3.05) is 0 Å². The molecular formula is C16H26N2O2S. The third-order valence-corrected chi connectivity index (χ3v) is 5.56. The molecule has 0 radical (unpaired) electrons. The first-order valence-electron chi connectivity index (χ1n) is 8.09. The zero-order chi connectivity index (χ0) is 15.4. The number of aromatic hydroxyl groups is 1. The first-order chi connectivity index (χ1) is 10.1. The summed E-state index contributed by atoms with van der Waals surface area (Å²) in [5.41, 5.74) is 0.414. The van der Waals surface area contributed by atoms with Crippen molar-refractivity contribution >= 4 is 11.8 Å². The predicted octanol–water partition coefficient (Wildman–Crippen LogP) is 3.91. The molecule has 0 spiro atoms. The third kappa shape index (κ3) is 3.62. The molecule has 4 nitrogen and oxygen atoms in total. The maximum atomic E-state index is 12.8. The van der Waals surface area contributed by atoms with Crippen LogP contribution in [0.5, 0.6) is 5.88 Å². The van der Waals surface area contributed by atoms with Crippen LogP contribution in [0.2, 0.25) is 0 Å². The largest absolute Gasteiger partial charge is 0.493 e. The van der Waals surface area contributed by atoms with Crippen molar-refractivity contribution in [3.05, 3.63) is 15.9 Å². The molecule has 1 aliphatic carbocycles. The quantitative estimate of drug-likeness (QED) is 0.662. The highest BCUT2D eigenvalue weighted by Gasteiger charge is 2.24. The predicted molar refractivity (Wildman–Crippen MR) is 87.3 cm³/mol. The summed E-state index contributed by atoms with van der Waals surface area (Å²) in [7, 11) is 0. The van der Waals surface area contributed by atoms with Crippen LogP contribution in [0.25, 0.3) is 0 Å². The van der Waals surface area contributed by atoms with E-state index in [-0.39, 0.29) is 17.5 Å². The normalized spacial score (nSPS) is 17.9. The molecule has 1 aromatic rings. The molecule has 1 atom stereocenters. The summed E-state index contributed by atoms with van der Waals surface area (Å²) < 4.78 is 1.87. The van der Waals surface area contributed by atoms with Gasteiger partial charge in [-0.15, -0.1) is 0 Å². The number of nitrogens with zero attached hydrogens (tertiary/aromatic N) is 2. The van der Waals surface area contributed by atoms with Gasteiger partial charge in [-0.05, 0) is 25.7 Å². The Morgan fingerprint density at radius 1 is 1.33 bits per heavy atom. The van der Waals surface area contributed by atoms with Crippen LogP contribution in [-0.4, -0.2) is 19.9 Å². The topological polar surface area (TPSA) is 55.1 Å². The highest BCUT2D eigenvalue weighted by molar-refractivity contribution is 7.99. The van der Waals surface area contributed by atoms with Gasteiger partial charge in [0, 0.05) is 11.3 Å². The van der Waals surface area contributed by atoms with Crippen LogP contribution >= 0.6 is 11.8 Å². The zero-order valence-electron chi connectivity index (χ0n) is 13.3. The molecule has 1 aliphatic rings. The van der Waals surface area contributed by atoms with Crippen LogP contribution in [0.1, 0.15) is 70.9 Å². The summed E-state index contributed by atoms with van der Waals surface area (Å²) in [6, 6.07) is 0.246. The Morgan fingerprint density at radius 2 is 2.00 bits per heavy atom. The number of rotatable bonds is 5. The first kappa shape index (κ1) is 16.4. The molecule has 1 unspecified atom stereocenters. The second-order valence-electron chi connectivity index (χ2n) is 5.85. The summed E-state index contributed by atoms with van der Waals surface area (Å²) in [4.78, 5) is 17.1. The van der Waals surface area contributed by atoms with Crippen molar-refractivity contribution in [1.82, 2.24) is 9.55 Å². The van der Waals surface area contributed by atoms with E-state index in [1.807, 2.05) is 11.5 Å². The molecule has 1 aromatic heterocycles. The highest BCUT2D eigenvalue weighted by atomic mass is 32.2. The lowest BCUT2D eigenvalue weighted by atomic mass is 9.95. The molecule has 0 bridgehead atoms. The Kier molecular flexibility index (Phi) is 5.73. The molecule has 1 fully saturated rings. The van der Waals surface area contributed by atoms with E-state index in [0.717, 1.165) is 19.3 Å². The molecule has 2 rings (SSSR count). The van der Waals surface area contributed by atoms with Crippen LogP contribution in [0.15, 0.2) is 9.95 Å². The Labute approximate surface area is 131 Å². The molecular weight excluding hydrogens is 284 g/mol. The van der Waals surface area contributed by atoms with Gasteiger partial charge in [0.25, 0.3) is 5.56 Å². The maximum Gasteiger partial charge on any atom is 0.261 e. The highest BCUT2D eigenvalue weighted by Crippen LogP contribution is 2.33. The van der Waals surface area contributed by atoms with E-state index >= 15 is 0 Å². The molecule has 1 N–H and O–H groups in total. The van der Waals surface area contributed by atoms with Crippen molar-refractivity contribution < 1.29 is 5.11 Å². The lowest BCUT2D eigenvalue weighted by molar-refractivity contribution is 0.315. The Morgan fingerprint density at radius 3 is 2.57 bits per heavy atom. The lowest BCUT2D eigenvalue weighted by Crippen LogP contribution is -2.31. The lowest BCUT2D eigenvalue weighted by Gasteiger charge is -2.27. The van der Waals surface area contributed by atoms with E-state index in [9.17, 15) is 9.90 Å². The van der Waals surface area contributed by atoms with E-state index in [0.29, 0.717) is 22.4 Å².